The molecule has 9 heteroatoms. The van der Waals surface area contributed by atoms with Crippen LogP contribution in [0.15, 0.2) is 51.7 Å². The number of hydrogen-bond donors (Lipinski definition) is 1. The number of rotatable bonds is 6. The molecule has 26 heavy (non-hydrogen) atoms. The molecular formula is C17H13Cl2FN2O4. The van der Waals surface area contributed by atoms with Crippen LogP contribution in [0.3, 0.4) is 0 Å². The maximum absolute atomic E-state index is 13.0. The lowest BCUT2D eigenvalue weighted by atomic mass is 10.2. The Hall–Kier alpha value is -2.35. The van der Waals surface area contributed by atoms with E-state index in [1.165, 1.54) is 24.3 Å². The van der Waals surface area contributed by atoms with Crippen LogP contribution in [0.25, 0.3) is 11.5 Å². The first-order valence-electron chi connectivity index (χ1n) is 7.53. The van der Waals surface area contributed by atoms with Gasteiger partial charge < -0.3 is 14.3 Å². The first kappa shape index (κ1) is 18.4. The van der Waals surface area contributed by atoms with Crippen LogP contribution in [0.5, 0.6) is 5.75 Å². The normalized spacial score (nSPS) is 12.2. The van der Waals surface area contributed by atoms with Gasteiger partial charge in [-0.15, -0.1) is 5.10 Å². The molecule has 0 amide bonds. The van der Waals surface area contributed by atoms with Crippen LogP contribution >= 0.6 is 23.2 Å². The lowest BCUT2D eigenvalue weighted by Gasteiger charge is -2.13. The van der Waals surface area contributed by atoms with Gasteiger partial charge in [0, 0.05) is 5.56 Å². The van der Waals surface area contributed by atoms with Gasteiger partial charge in [-0.1, -0.05) is 29.3 Å². The Morgan fingerprint density at radius 1 is 1.19 bits per heavy atom. The number of halogens is 3. The fraction of sp³-hybridized carbons (Fsp3) is 0.176. The lowest BCUT2D eigenvalue weighted by molar-refractivity contribution is 0.0876. The van der Waals surface area contributed by atoms with Crippen LogP contribution in [0.4, 0.5) is 4.39 Å². The first-order chi connectivity index (χ1) is 12.4. The van der Waals surface area contributed by atoms with Gasteiger partial charge in [0.2, 0.25) is 5.89 Å². The third-order valence-electron chi connectivity index (χ3n) is 3.42. The quantitative estimate of drug-likeness (QED) is 0.688. The minimum absolute atomic E-state index is 0.0252. The highest BCUT2D eigenvalue weighted by Crippen LogP contribution is 2.32. The number of aliphatic hydroxyl groups is 1. The zero-order valence-electron chi connectivity index (χ0n) is 13.2. The van der Waals surface area contributed by atoms with Crippen molar-refractivity contribution in [2.24, 2.45) is 0 Å². The molecule has 3 aromatic rings. The van der Waals surface area contributed by atoms with Gasteiger partial charge >= 0.3 is 5.76 Å². The third kappa shape index (κ3) is 4.24. The summed E-state index contributed by atoms with van der Waals surface area (Å²) in [5, 5.41) is 14.7. The van der Waals surface area contributed by atoms with Gasteiger partial charge in [-0.2, -0.15) is 4.68 Å². The molecule has 1 unspecified atom stereocenters. The van der Waals surface area contributed by atoms with Crippen molar-refractivity contribution < 1.29 is 18.7 Å². The zero-order chi connectivity index (χ0) is 18.7. The molecule has 3 rings (SSSR count). The number of para-hydroxylation sites is 1. The summed E-state index contributed by atoms with van der Waals surface area (Å²) in [5.41, 5.74) is 0.441. The molecular weight excluding hydrogens is 386 g/mol. The van der Waals surface area contributed by atoms with Gasteiger partial charge in [0.15, 0.2) is 5.75 Å². The lowest BCUT2D eigenvalue weighted by Crippen LogP contribution is -2.29. The van der Waals surface area contributed by atoms with E-state index in [0.29, 0.717) is 15.6 Å². The van der Waals surface area contributed by atoms with E-state index in [-0.39, 0.29) is 24.8 Å². The molecule has 0 saturated carbocycles. The SMILES string of the molecule is O=c1oc(-c2ccc(F)cc2)nn1CC(O)COc1c(Cl)cccc1Cl. The van der Waals surface area contributed by atoms with Gasteiger partial charge in [0.1, 0.15) is 18.5 Å². The van der Waals surface area contributed by atoms with E-state index in [2.05, 4.69) is 5.10 Å². The predicted molar refractivity (Wildman–Crippen MR) is 94.1 cm³/mol. The molecule has 1 aromatic heterocycles. The molecule has 1 heterocycles. The summed E-state index contributed by atoms with van der Waals surface area (Å²) < 4.78 is 24.4. The van der Waals surface area contributed by atoms with Crippen LogP contribution in [0.1, 0.15) is 0 Å². The molecule has 1 N–H and O–H groups in total. The van der Waals surface area contributed by atoms with Gasteiger partial charge in [0.05, 0.1) is 16.6 Å². The minimum Gasteiger partial charge on any atom is -0.488 e. The molecule has 0 fully saturated rings. The Labute approximate surface area is 157 Å². The number of ether oxygens (including phenoxy) is 1. The smallest absolute Gasteiger partial charge is 0.437 e. The van der Waals surface area contributed by atoms with Crippen LogP contribution in [0, 0.1) is 5.82 Å². The molecule has 0 aliphatic heterocycles. The van der Waals surface area contributed by atoms with Gasteiger partial charge in [-0.3, -0.25) is 0 Å². The van der Waals surface area contributed by atoms with Crippen LogP contribution in [-0.2, 0) is 6.54 Å². The maximum Gasteiger partial charge on any atom is 0.437 e. The summed E-state index contributed by atoms with van der Waals surface area (Å²) in [6, 6.07) is 10.2. The van der Waals surface area contributed by atoms with Crippen molar-refractivity contribution in [2.75, 3.05) is 6.61 Å². The summed E-state index contributed by atoms with van der Waals surface area (Å²) >= 11 is 12.0. The van der Waals surface area contributed by atoms with Crippen LogP contribution < -0.4 is 10.5 Å². The third-order valence-corrected chi connectivity index (χ3v) is 4.02. The zero-order valence-corrected chi connectivity index (χ0v) is 14.7. The Bertz CT molecular complexity index is 936. The number of hydrogen-bond acceptors (Lipinski definition) is 5. The molecule has 0 aliphatic rings. The van der Waals surface area contributed by atoms with Crippen molar-refractivity contribution in [1.29, 1.82) is 0 Å². The molecule has 0 saturated heterocycles. The van der Waals surface area contributed by atoms with Gasteiger partial charge in [-0.05, 0) is 36.4 Å². The Balaban J connectivity index is 1.67. The predicted octanol–water partition coefficient (Wildman–Crippen LogP) is 3.39. The van der Waals surface area contributed by atoms with Crippen LogP contribution in [-0.4, -0.2) is 27.6 Å². The summed E-state index contributed by atoms with van der Waals surface area (Å²) in [6.45, 7) is -0.319. The molecule has 2 aromatic carbocycles. The summed E-state index contributed by atoms with van der Waals surface area (Å²) in [6.07, 6.45) is -1.06. The average Bonchev–Trinajstić information content (AvgIpc) is 2.95. The van der Waals surface area contributed by atoms with Crippen molar-refractivity contribution in [3.8, 4) is 17.2 Å². The molecule has 6 nitrogen and oxygen atoms in total. The molecule has 0 spiro atoms. The highest BCUT2D eigenvalue weighted by atomic mass is 35.5. The minimum atomic E-state index is -1.06. The van der Waals surface area contributed by atoms with Crippen molar-refractivity contribution in [1.82, 2.24) is 9.78 Å². The van der Waals surface area contributed by atoms with E-state index < -0.39 is 17.7 Å². The number of benzene rings is 2. The van der Waals surface area contributed by atoms with Gasteiger partial charge in [-0.25, -0.2) is 9.18 Å². The largest absolute Gasteiger partial charge is 0.488 e. The Kier molecular flexibility index (Phi) is 5.61. The van der Waals surface area contributed by atoms with Crippen molar-refractivity contribution in [3.05, 3.63) is 68.9 Å². The summed E-state index contributed by atoms with van der Waals surface area (Å²) in [4.78, 5) is 11.9. The molecule has 0 bridgehead atoms. The number of aromatic nitrogens is 2. The van der Waals surface area contributed by atoms with E-state index in [4.69, 9.17) is 32.4 Å². The molecule has 1 atom stereocenters. The van der Waals surface area contributed by atoms with Crippen molar-refractivity contribution in [2.45, 2.75) is 12.6 Å². The molecule has 0 aliphatic carbocycles. The highest BCUT2D eigenvalue weighted by Gasteiger charge is 2.16. The second-order valence-corrected chi connectivity index (χ2v) is 6.19. The number of aliphatic hydroxyl groups excluding tert-OH is 1. The Morgan fingerprint density at radius 2 is 1.85 bits per heavy atom. The van der Waals surface area contributed by atoms with Crippen LogP contribution in [0.2, 0.25) is 10.0 Å². The Morgan fingerprint density at radius 3 is 2.50 bits per heavy atom. The fourth-order valence-corrected chi connectivity index (χ4v) is 2.69. The second-order valence-electron chi connectivity index (χ2n) is 5.38. The van der Waals surface area contributed by atoms with Crippen molar-refractivity contribution in [3.63, 3.8) is 0 Å². The van der Waals surface area contributed by atoms with Gasteiger partial charge in [0.25, 0.3) is 0 Å². The van der Waals surface area contributed by atoms with E-state index in [1.807, 2.05) is 0 Å². The van der Waals surface area contributed by atoms with E-state index >= 15 is 0 Å². The van der Waals surface area contributed by atoms with E-state index in [0.717, 1.165) is 4.68 Å². The first-order valence-corrected chi connectivity index (χ1v) is 8.28. The summed E-state index contributed by atoms with van der Waals surface area (Å²) in [5.74, 6) is -0.896. The topological polar surface area (TPSA) is 77.5 Å². The maximum atomic E-state index is 13.0. The highest BCUT2D eigenvalue weighted by molar-refractivity contribution is 6.37. The van der Waals surface area contributed by atoms with Crippen molar-refractivity contribution >= 4 is 23.2 Å². The van der Waals surface area contributed by atoms with E-state index in [1.54, 1.807) is 18.2 Å². The fourth-order valence-electron chi connectivity index (χ4n) is 2.18. The summed E-state index contributed by atoms with van der Waals surface area (Å²) in [7, 11) is 0. The standard InChI is InChI=1S/C17H13Cl2FN2O4/c18-13-2-1-3-14(19)15(13)25-9-12(23)8-22-17(24)26-16(21-22)10-4-6-11(20)7-5-10/h1-7,12,23H,8-9H2. The monoisotopic (exact) mass is 398 g/mol. The second kappa shape index (κ2) is 7.90. The molecule has 136 valence electrons. The van der Waals surface area contributed by atoms with E-state index in [9.17, 15) is 14.3 Å². The average molecular weight is 399 g/mol. The molecule has 0 radical (unpaired) electrons. The number of nitrogens with zero attached hydrogens (tertiary/aromatic N) is 2.